The molecule has 4 aromatic rings. The van der Waals surface area contributed by atoms with Crippen LogP contribution in [-0.2, 0) is 22.4 Å². The van der Waals surface area contributed by atoms with Gasteiger partial charge in [-0.3, -0.25) is 9.59 Å². The van der Waals surface area contributed by atoms with E-state index in [0.717, 1.165) is 32.9 Å². The second-order valence-electron chi connectivity index (χ2n) is 8.18. The van der Waals surface area contributed by atoms with Crippen LogP contribution in [0.2, 0.25) is 0 Å². The van der Waals surface area contributed by atoms with E-state index in [1.54, 1.807) is 36.4 Å². The van der Waals surface area contributed by atoms with Gasteiger partial charge < -0.3 is 15.0 Å². The van der Waals surface area contributed by atoms with Crippen LogP contribution in [0.15, 0.2) is 83.5 Å². The summed E-state index contributed by atoms with van der Waals surface area (Å²) in [7, 11) is 0. The summed E-state index contributed by atoms with van der Waals surface area (Å²) in [5.74, 6) is -1.37. The zero-order chi connectivity index (χ0) is 24.8. The van der Waals surface area contributed by atoms with E-state index in [9.17, 15) is 14.4 Å². The zero-order valence-corrected chi connectivity index (χ0v) is 20.8. The van der Waals surface area contributed by atoms with E-state index in [1.165, 1.54) is 0 Å². The molecule has 1 heterocycles. The van der Waals surface area contributed by atoms with Crippen LogP contribution < -0.4 is 5.32 Å². The fourth-order valence-corrected chi connectivity index (χ4v) is 4.07. The maximum Gasteiger partial charge on any atom is 0.329 e. The first-order chi connectivity index (χ1) is 16.9. The van der Waals surface area contributed by atoms with Crippen molar-refractivity contribution in [1.29, 1.82) is 0 Å². The van der Waals surface area contributed by atoms with Crippen LogP contribution in [0.25, 0.3) is 10.9 Å². The Morgan fingerprint density at radius 2 is 1.63 bits per heavy atom. The van der Waals surface area contributed by atoms with Gasteiger partial charge in [0.15, 0.2) is 12.4 Å². The molecule has 178 valence electrons. The summed E-state index contributed by atoms with van der Waals surface area (Å²) in [5, 5.41) is 3.73. The highest BCUT2D eigenvalue weighted by atomic mass is 79.9. The topological polar surface area (TPSA) is 88.3 Å². The summed E-state index contributed by atoms with van der Waals surface area (Å²) in [6.45, 7) is 1.64. The first-order valence-electron chi connectivity index (χ1n) is 11.3. The highest BCUT2D eigenvalue weighted by Crippen LogP contribution is 2.20. The van der Waals surface area contributed by atoms with E-state index < -0.39 is 24.5 Å². The third-order valence-corrected chi connectivity index (χ3v) is 6.35. The Balaban J connectivity index is 1.50. The lowest BCUT2D eigenvalue weighted by Gasteiger charge is -2.18. The van der Waals surface area contributed by atoms with Crippen molar-refractivity contribution in [3.8, 4) is 0 Å². The van der Waals surface area contributed by atoms with E-state index in [-0.39, 0.29) is 12.2 Å². The fraction of sp³-hybridized carbons (Fsp3) is 0.179. The van der Waals surface area contributed by atoms with Crippen LogP contribution in [0.4, 0.5) is 0 Å². The number of amides is 1. The third kappa shape index (κ3) is 6.05. The van der Waals surface area contributed by atoms with Crippen LogP contribution in [0.1, 0.15) is 38.8 Å². The molecule has 0 saturated heterocycles. The van der Waals surface area contributed by atoms with Gasteiger partial charge in [0, 0.05) is 39.1 Å². The highest BCUT2D eigenvalue weighted by Gasteiger charge is 2.25. The quantitative estimate of drug-likeness (QED) is 0.227. The summed E-state index contributed by atoms with van der Waals surface area (Å²) < 4.78 is 6.21. The molecule has 35 heavy (non-hydrogen) atoms. The van der Waals surface area contributed by atoms with E-state index in [2.05, 4.69) is 26.2 Å². The van der Waals surface area contributed by atoms with Gasteiger partial charge in [-0.1, -0.05) is 65.3 Å². The molecular formula is C28H25BrN2O4. The van der Waals surface area contributed by atoms with E-state index in [4.69, 9.17) is 4.74 Å². The Kier molecular flexibility index (Phi) is 7.77. The van der Waals surface area contributed by atoms with E-state index in [0.29, 0.717) is 11.1 Å². The number of para-hydroxylation sites is 1. The molecule has 0 fully saturated rings. The average molecular weight is 533 g/mol. The van der Waals surface area contributed by atoms with E-state index in [1.807, 2.05) is 49.5 Å². The molecule has 7 heteroatoms. The molecule has 0 spiro atoms. The largest absolute Gasteiger partial charge is 0.456 e. The maximum absolute atomic E-state index is 13.1. The number of nitrogens with one attached hydrogen (secondary N) is 2. The Labute approximate surface area is 211 Å². The summed E-state index contributed by atoms with van der Waals surface area (Å²) in [5.41, 5.74) is 3.80. The molecule has 0 aliphatic heterocycles. The number of ketones is 1. The number of rotatable bonds is 9. The molecule has 2 N–H and O–H groups in total. The van der Waals surface area contributed by atoms with Crippen molar-refractivity contribution in [2.75, 3.05) is 6.61 Å². The number of benzene rings is 3. The van der Waals surface area contributed by atoms with Crippen molar-refractivity contribution in [2.45, 2.75) is 25.8 Å². The number of ether oxygens (including phenoxy) is 1. The molecule has 1 amide bonds. The number of aromatic amines is 1. The molecule has 3 aromatic carbocycles. The lowest BCUT2D eigenvalue weighted by atomic mass is 10.0. The predicted octanol–water partition coefficient (Wildman–Crippen LogP) is 5.26. The van der Waals surface area contributed by atoms with Crippen molar-refractivity contribution < 1.29 is 19.1 Å². The number of aromatic nitrogens is 1. The van der Waals surface area contributed by atoms with Gasteiger partial charge >= 0.3 is 5.97 Å². The van der Waals surface area contributed by atoms with E-state index >= 15 is 0 Å². The number of carbonyl (C=O) groups excluding carboxylic acids is 3. The molecule has 0 unspecified atom stereocenters. The summed E-state index contributed by atoms with van der Waals surface area (Å²) >= 11 is 3.35. The Morgan fingerprint density at radius 3 is 2.34 bits per heavy atom. The minimum atomic E-state index is -0.972. The van der Waals surface area contributed by atoms with Crippen molar-refractivity contribution in [3.63, 3.8) is 0 Å². The number of hydrogen-bond donors (Lipinski definition) is 2. The van der Waals surface area contributed by atoms with Crippen LogP contribution >= 0.6 is 15.9 Å². The summed E-state index contributed by atoms with van der Waals surface area (Å²) in [4.78, 5) is 41.7. The van der Waals surface area contributed by atoms with Crippen molar-refractivity contribution in [3.05, 3.63) is 106 Å². The highest BCUT2D eigenvalue weighted by molar-refractivity contribution is 9.10. The first kappa shape index (κ1) is 24.4. The van der Waals surface area contributed by atoms with Crippen molar-refractivity contribution in [2.24, 2.45) is 0 Å². The summed E-state index contributed by atoms with van der Waals surface area (Å²) in [6.07, 6.45) is 2.90. The lowest BCUT2D eigenvalue weighted by Crippen LogP contribution is -2.43. The van der Waals surface area contributed by atoms with Gasteiger partial charge in [0.05, 0.1) is 0 Å². The standard InChI is InChI=1S/C28H25BrN2O4/c1-2-18-7-9-19(10-8-18)26(32)17-35-28(34)25(31-27(33)20-11-13-22(29)14-12-20)15-21-16-30-24-6-4-3-5-23(21)24/h3-14,16,25,30H,2,15,17H2,1H3,(H,31,33)/t25-/m0/s1. The van der Waals surface area contributed by atoms with Gasteiger partial charge in [-0.15, -0.1) is 0 Å². The average Bonchev–Trinajstić information content (AvgIpc) is 3.29. The summed E-state index contributed by atoms with van der Waals surface area (Å²) in [6, 6.07) is 20.8. The minimum absolute atomic E-state index is 0.213. The number of H-pyrrole nitrogens is 1. The number of carbonyl (C=O) groups is 3. The number of fused-ring (bicyclic) bond motifs is 1. The van der Waals surface area contributed by atoms with Crippen LogP contribution in [0, 0.1) is 0 Å². The molecule has 0 bridgehead atoms. The second kappa shape index (κ2) is 11.1. The molecule has 1 atom stereocenters. The normalized spacial score (nSPS) is 11.7. The first-order valence-corrected chi connectivity index (χ1v) is 12.1. The zero-order valence-electron chi connectivity index (χ0n) is 19.2. The Bertz CT molecular complexity index is 1340. The number of aryl methyl sites for hydroxylation is 1. The fourth-order valence-electron chi connectivity index (χ4n) is 3.80. The molecule has 6 nitrogen and oxygen atoms in total. The minimum Gasteiger partial charge on any atom is -0.456 e. The van der Waals surface area contributed by atoms with Gasteiger partial charge in [0.1, 0.15) is 6.04 Å². The molecule has 0 aliphatic rings. The smallest absolute Gasteiger partial charge is 0.329 e. The Morgan fingerprint density at radius 1 is 0.943 bits per heavy atom. The molecule has 0 saturated carbocycles. The number of esters is 1. The Hall–Kier alpha value is -3.71. The number of halogens is 1. The maximum atomic E-state index is 13.1. The number of Topliss-reactive ketones (excluding diaryl/α,β-unsaturated/α-hetero) is 1. The van der Waals surface area contributed by atoms with Gasteiger partial charge in [-0.05, 0) is 47.9 Å². The molecule has 0 radical (unpaired) electrons. The number of hydrogen-bond acceptors (Lipinski definition) is 4. The molecule has 1 aromatic heterocycles. The van der Waals surface area contributed by atoms with Gasteiger partial charge in [-0.25, -0.2) is 4.79 Å². The third-order valence-electron chi connectivity index (χ3n) is 5.82. The van der Waals surface area contributed by atoms with Gasteiger partial charge in [-0.2, -0.15) is 0 Å². The van der Waals surface area contributed by atoms with Crippen LogP contribution in [0.5, 0.6) is 0 Å². The van der Waals surface area contributed by atoms with Crippen LogP contribution in [0.3, 0.4) is 0 Å². The van der Waals surface area contributed by atoms with Gasteiger partial charge in [0.25, 0.3) is 5.91 Å². The van der Waals surface area contributed by atoms with Crippen molar-refractivity contribution in [1.82, 2.24) is 10.3 Å². The second-order valence-corrected chi connectivity index (χ2v) is 9.09. The van der Waals surface area contributed by atoms with Crippen LogP contribution in [-0.4, -0.2) is 35.3 Å². The SMILES string of the molecule is CCc1ccc(C(=O)COC(=O)[C@H](Cc2c[nH]c3ccccc23)NC(=O)c2ccc(Br)cc2)cc1. The molecule has 4 rings (SSSR count). The lowest BCUT2D eigenvalue weighted by molar-refractivity contribution is -0.144. The molecular weight excluding hydrogens is 508 g/mol. The molecule has 0 aliphatic carbocycles. The monoisotopic (exact) mass is 532 g/mol. The predicted molar refractivity (Wildman–Crippen MR) is 139 cm³/mol. The van der Waals surface area contributed by atoms with Crippen molar-refractivity contribution >= 4 is 44.5 Å². The van der Waals surface area contributed by atoms with Gasteiger partial charge in [0.2, 0.25) is 0 Å².